The Balaban J connectivity index is 1.64. The van der Waals surface area contributed by atoms with Crippen LogP contribution in [-0.2, 0) is 11.3 Å². The molecule has 0 radical (unpaired) electrons. The van der Waals surface area contributed by atoms with Crippen molar-refractivity contribution >= 4 is 0 Å². The average Bonchev–Trinajstić information content (AvgIpc) is 3.09. The molecule has 0 bridgehead atoms. The highest BCUT2D eigenvalue weighted by Crippen LogP contribution is 2.19. The SMILES string of the molecule is OCC1CN(Cc2nnc(-c3ccco3)o2)CCO1. The van der Waals surface area contributed by atoms with Crippen LogP contribution in [0.15, 0.2) is 27.2 Å². The Labute approximate surface area is 109 Å². The number of hydrogen-bond donors (Lipinski definition) is 1. The molecule has 0 aliphatic carbocycles. The summed E-state index contributed by atoms with van der Waals surface area (Å²) in [5, 5.41) is 17.0. The van der Waals surface area contributed by atoms with Gasteiger partial charge in [-0.25, -0.2) is 0 Å². The largest absolute Gasteiger partial charge is 0.459 e. The van der Waals surface area contributed by atoms with Crippen molar-refractivity contribution in [1.29, 1.82) is 0 Å². The first-order valence-electron chi connectivity index (χ1n) is 6.16. The topological polar surface area (TPSA) is 84.8 Å². The Bertz CT molecular complexity index is 511. The van der Waals surface area contributed by atoms with Crippen LogP contribution >= 0.6 is 0 Å². The van der Waals surface area contributed by atoms with Crippen molar-refractivity contribution < 1.29 is 18.7 Å². The van der Waals surface area contributed by atoms with Crippen molar-refractivity contribution in [2.75, 3.05) is 26.3 Å². The minimum atomic E-state index is -0.138. The molecule has 7 heteroatoms. The van der Waals surface area contributed by atoms with E-state index >= 15 is 0 Å². The van der Waals surface area contributed by atoms with Crippen LogP contribution < -0.4 is 0 Å². The maximum Gasteiger partial charge on any atom is 0.283 e. The molecule has 1 aliphatic rings. The fraction of sp³-hybridized carbons (Fsp3) is 0.500. The van der Waals surface area contributed by atoms with Crippen molar-refractivity contribution in [3.8, 4) is 11.7 Å². The van der Waals surface area contributed by atoms with Gasteiger partial charge >= 0.3 is 0 Å². The second-order valence-electron chi connectivity index (χ2n) is 4.39. The number of morpholine rings is 1. The van der Waals surface area contributed by atoms with E-state index in [2.05, 4.69) is 15.1 Å². The predicted molar refractivity (Wildman–Crippen MR) is 64.1 cm³/mol. The van der Waals surface area contributed by atoms with Gasteiger partial charge in [-0.15, -0.1) is 10.2 Å². The van der Waals surface area contributed by atoms with Gasteiger partial charge < -0.3 is 18.7 Å². The monoisotopic (exact) mass is 265 g/mol. The maximum absolute atomic E-state index is 9.09. The summed E-state index contributed by atoms with van der Waals surface area (Å²) in [6, 6.07) is 3.54. The lowest BCUT2D eigenvalue weighted by Crippen LogP contribution is -2.43. The first kappa shape index (κ1) is 12.3. The van der Waals surface area contributed by atoms with Gasteiger partial charge in [0.1, 0.15) is 0 Å². The number of furan rings is 1. The van der Waals surface area contributed by atoms with Crippen molar-refractivity contribution in [1.82, 2.24) is 15.1 Å². The molecule has 1 unspecified atom stereocenters. The summed E-state index contributed by atoms with van der Waals surface area (Å²) in [4.78, 5) is 2.11. The average molecular weight is 265 g/mol. The van der Waals surface area contributed by atoms with Gasteiger partial charge in [0, 0.05) is 13.1 Å². The molecule has 0 amide bonds. The van der Waals surface area contributed by atoms with Crippen LogP contribution in [-0.4, -0.2) is 52.6 Å². The lowest BCUT2D eigenvalue weighted by Gasteiger charge is -2.30. The molecule has 1 atom stereocenters. The zero-order valence-electron chi connectivity index (χ0n) is 10.4. The van der Waals surface area contributed by atoms with Crippen LogP contribution in [0.25, 0.3) is 11.7 Å². The van der Waals surface area contributed by atoms with E-state index in [0.717, 1.165) is 6.54 Å². The highest BCUT2D eigenvalue weighted by Gasteiger charge is 2.21. The van der Waals surface area contributed by atoms with Crippen LogP contribution in [0.4, 0.5) is 0 Å². The Kier molecular flexibility index (Phi) is 3.58. The van der Waals surface area contributed by atoms with Gasteiger partial charge in [0.15, 0.2) is 5.76 Å². The molecule has 1 aliphatic heterocycles. The molecule has 19 heavy (non-hydrogen) atoms. The molecule has 2 aromatic rings. The molecule has 3 rings (SSSR count). The van der Waals surface area contributed by atoms with Crippen LogP contribution in [0, 0.1) is 0 Å². The standard InChI is InChI=1S/C12H15N3O4/c16-8-9-6-15(3-5-17-9)7-11-13-14-12(19-11)10-2-1-4-18-10/h1-2,4,9,16H,3,5-8H2. The van der Waals surface area contributed by atoms with Crippen molar-refractivity contribution in [3.05, 3.63) is 24.3 Å². The highest BCUT2D eigenvalue weighted by atomic mass is 16.5. The predicted octanol–water partition coefficient (Wildman–Crippen LogP) is 0.523. The summed E-state index contributed by atoms with van der Waals surface area (Å²) in [6.07, 6.45) is 1.42. The maximum atomic E-state index is 9.09. The van der Waals surface area contributed by atoms with Gasteiger partial charge in [-0.05, 0) is 12.1 Å². The molecule has 7 nitrogen and oxygen atoms in total. The van der Waals surface area contributed by atoms with E-state index in [9.17, 15) is 0 Å². The van der Waals surface area contributed by atoms with E-state index < -0.39 is 0 Å². The van der Waals surface area contributed by atoms with E-state index in [1.54, 1.807) is 18.4 Å². The van der Waals surface area contributed by atoms with Gasteiger partial charge in [0.05, 0.1) is 32.1 Å². The van der Waals surface area contributed by atoms with Crippen molar-refractivity contribution in [2.24, 2.45) is 0 Å². The Morgan fingerprint density at radius 2 is 2.37 bits per heavy atom. The molecule has 1 fully saturated rings. The number of aliphatic hydroxyl groups excluding tert-OH is 1. The molecule has 2 aromatic heterocycles. The summed E-state index contributed by atoms with van der Waals surface area (Å²) in [5.41, 5.74) is 0. The number of aromatic nitrogens is 2. The molecule has 102 valence electrons. The number of nitrogens with zero attached hydrogens (tertiary/aromatic N) is 3. The zero-order valence-corrected chi connectivity index (χ0v) is 10.4. The summed E-state index contributed by atoms with van der Waals surface area (Å²) in [7, 11) is 0. The molecular weight excluding hydrogens is 250 g/mol. The van der Waals surface area contributed by atoms with Gasteiger partial charge in [-0.3, -0.25) is 4.90 Å². The molecule has 0 aromatic carbocycles. The smallest absolute Gasteiger partial charge is 0.283 e. The third-order valence-corrected chi connectivity index (χ3v) is 2.98. The van der Waals surface area contributed by atoms with E-state index in [0.29, 0.717) is 37.2 Å². The molecule has 3 heterocycles. The zero-order chi connectivity index (χ0) is 13.1. The van der Waals surface area contributed by atoms with Gasteiger partial charge in [-0.1, -0.05) is 0 Å². The third-order valence-electron chi connectivity index (χ3n) is 2.98. The van der Waals surface area contributed by atoms with Gasteiger partial charge in [0.25, 0.3) is 5.89 Å². The number of hydrogen-bond acceptors (Lipinski definition) is 7. The number of aliphatic hydroxyl groups is 1. The fourth-order valence-electron chi connectivity index (χ4n) is 2.04. The molecular formula is C12H15N3O4. The highest BCUT2D eigenvalue weighted by molar-refractivity contribution is 5.42. The summed E-state index contributed by atoms with van der Waals surface area (Å²) in [6.45, 7) is 2.62. The van der Waals surface area contributed by atoms with Crippen LogP contribution in [0.5, 0.6) is 0 Å². The lowest BCUT2D eigenvalue weighted by molar-refractivity contribution is -0.0568. The molecule has 0 saturated carbocycles. The second-order valence-corrected chi connectivity index (χ2v) is 4.39. The van der Waals surface area contributed by atoms with Crippen LogP contribution in [0.1, 0.15) is 5.89 Å². The quantitative estimate of drug-likeness (QED) is 0.862. The Hall–Kier alpha value is -1.70. The summed E-state index contributed by atoms with van der Waals surface area (Å²) < 4.78 is 16.1. The van der Waals surface area contributed by atoms with E-state index in [4.69, 9.17) is 18.7 Å². The first-order chi connectivity index (χ1) is 9.35. The van der Waals surface area contributed by atoms with Crippen molar-refractivity contribution in [3.63, 3.8) is 0 Å². The third kappa shape index (κ3) is 2.83. The first-order valence-corrected chi connectivity index (χ1v) is 6.16. The number of rotatable bonds is 4. The lowest BCUT2D eigenvalue weighted by atomic mass is 10.3. The van der Waals surface area contributed by atoms with Crippen LogP contribution in [0.3, 0.4) is 0 Å². The normalized spacial score (nSPS) is 20.8. The summed E-state index contributed by atoms with van der Waals surface area (Å²) in [5.74, 6) is 1.48. The Morgan fingerprint density at radius 1 is 1.42 bits per heavy atom. The molecule has 0 spiro atoms. The van der Waals surface area contributed by atoms with Gasteiger partial charge in [-0.2, -0.15) is 0 Å². The summed E-state index contributed by atoms with van der Waals surface area (Å²) >= 11 is 0. The molecule has 1 N–H and O–H groups in total. The molecule has 1 saturated heterocycles. The van der Waals surface area contributed by atoms with E-state index in [1.807, 2.05) is 0 Å². The van der Waals surface area contributed by atoms with Gasteiger partial charge in [0.2, 0.25) is 5.89 Å². The number of ether oxygens (including phenoxy) is 1. The van der Waals surface area contributed by atoms with Crippen LogP contribution in [0.2, 0.25) is 0 Å². The van der Waals surface area contributed by atoms with E-state index in [-0.39, 0.29) is 12.7 Å². The van der Waals surface area contributed by atoms with Crippen molar-refractivity contribution in [2.45, 2.75) is 12.6 Å². The Morgan fingerprint density at radius 3 is 3.16 bits per heavy atom. The minimum absolute atomic E-state index is 0.0258. The minimum Gasteiger partial charge on any atom is -0.459 e. The fourth-order valence-corrected chi connectivity index (χ4v) is 2.04. The van der Waals surface area contributed by atoms with E-state index in [1.165, 1.54) is 0 Å². The second kappa shape index (κ2) is 5.52.